The van der Waals surface area contributed by atoms with Crippen molar-refractivity contribution in [2.45, 2.75) is 26.1 Å². The molecule has 0 aliphatic carbocycles. The molecule has 0 spiro atoms. The van der Waals surface area contributed by atoms with Crippen molar-refractivity contribution in [2.75, 3.05) is 0 Å². The van der Waals surface area contributed by atoms with Crippen LogP contribution in [0.15, 0.2) is 0 Å². The Kier molecular flexibility index (Phi) is 0.588. The molecule has 0 heterocycles. The van der Waals surface area contributed by atoms with Gasteiger partial charge in [-0.25, -0.2) is 0 Å². The summed E-state index contributed by atoms with van der Waals surface area (Å²) < 4.78 is 71.9. The van der Waals surface area contributed by atoms with Gasteiger partial charge in [-0.1, -0.05) is 13.8 Å². The molecule has 0 fully saturated rings. The van der Waals surface area contributed by atoms with Crippen LogP contribution < -0.4 is 5.72 Å². The van der Waals surface area contributed by atoms with Gasteiger partial charge in [-0.3, -0.25) is 4.79 Å². The Labute approximate surface area is 69.0 Å². The average molecular weight is 141 g/mol. The van der Waals surface area contributed by atoms with E-state index in [4.69, 9.17) is 18.9 Å². The van der Waals surface area contributed by atoms with E-state index in [1.807, 2.05) is 0 Å². The van der Waals surface area contributed by atoms with Gasteiger partial charge in [-0.05, 0) is 12.3 Å². The fourth-order valence-electron chi connectivity index (χ4n) is 0.196. The lowest BCUT2D eigenvalue weighted by molar-refractivity contribution is -0.138. The molecule has 0 saturated carbocycles. The average Bonchev–Trinajstić information content (AvgIpc) is 2.23. The number of nitrogens with two attached hydrogens (primary N) is 1. The Balaban J connectivity index is 6.15. The first-order valence-electron chi connectivity index (χ1n) is 7.11. The topological polar surface area (TPSA) is 63.3 Å². The van der Waals surface area contributed by atoms with E-state index in [-0.39, 0.29) is 0 Å². The second-order valence-electron chi connectivity index (χ2n) is 1.26. The van der Waals surface area contributed by atoms with Crippen LogP contribution in [0.5, 0.6) is 0 Å². The Morgan fingerprint density at radius 3 is 3.44 bits per heavy atom. The molecular formula is C6H13NO2. The third-order valence-electron chi connectivity index (χ3n) is 0.472. The zero-order chi connectivity index (χ0) is 15.9. The van der Waals surface area contributed by atoms with Crippen molar-refractivity contribution >= 4 is 5.97 Å². The standard InChI is InChI=1S/C6H13NO2/c1-4(2)3-5(7)6(8)9/h4-5H,3,7H2,1-2H3,(H,8,9)/t5-/m1/s1/i1D,2D3,3D2,4D,5D/hD2/t4?,5-. The molecule has 9 heavy (non-hydrogen) atoms. The molecule has 0 aromatic rings. The van der Waals surface area contributed by atoms with Gasteiger partial charge in [0.25, 0.3) is 0 Å². The SMILES string of the molecule is [2H]CC([2H])(C([2H])([2H])[2H])C([2H])([2H])[C@]([2H])(C(=O)O)N([2H])[2H]. The Hall–Kier alpha value is -0.570. The van der Waals surface area contributed by atoms with E-state index in [1.54, 1.807) is 0 Å². The third-order valence-corrected chi connectivity index (χ3v) is 0.472. The summed E-state index contributed by atoms with van der Waals surface area (Å²) in [5.41, 5.74) is -0.819. The zero-order valence-corrected chi connectivity index (χ0v) is 4.51. The van der Waals surface area contributed by atoms with E-state index < -0.39 is 43.7 Å². The smallest absolute Gasteiger partial charge is 0.320 e. The van der Waals surface area contributed by atoms with Gasteiger partial charge in [-0.2, -0.15) is 0 Å². The highest BCUT2D eigenvalue weighted by Crippen LogP contribution is 2.01. The van der Waals surface area contributed by atoms with E-state index in [1.165, 1.54) is 0 Å². The maximum atomic E-state index is 11.0. The van der Waals surface area contributed by atoms with Crippen LogP contribution in [-0.2, 0) is 4.79 Å². The van der Waals surface area contributed by atoms with Gasteiger partial charge in [0.2, 0.25) is 0 Å². The van der Waals surface area contributed by atoms with Crippen LogP contribution in [0.3, 0.4) is 0 Å². The fraction of sp³-hybridized carbons (Fsp3) is 0.833. The second-order valence-corrected chi connectivity index (χ2v) is 1.26. The van der Waals surface area contributed by atoms with E-state index >= 15 is 0 Å². The monoisotopic (exact) mass is 141 g/mol. The first kappa shape index (κ1) is 1.53. The summed E-state index contributed by atoms with van der Waals surface area (Å²) >= 11 is 0. The van der Waals surface area contributed by atoms with E-state index in [0.29, 0.717) is 0 Å². The molecular weight excluding hydrogens is 118 g/mol. The number of aliphatic carboxylic acids is 1. The van der Waals surface area contributed by atoms with Crippen LogP contribution in [0, 0.1) is 5.89 Å². The van der Waals surface area contributed by atoms with Crippen LogP contribution in [0.4, 0.5) is 0 Å². The third kappa shape index (κ3) is 3.97. The highest BCUT2D eigenvalue weighted by molar-refractivity contribution is 5.72. The summed E-state index contributed by atoms with van der Waals surface area (Å²) in [5.74, 6) is -5.57. The highest BCUT2D eigenvalue weighted by atomic mass is 16.4. The normalized spacial score (nSPS) is 43.2. The molecule has 1 unspecified atom stereocenters. The van der Waals surface area contributed by atoms with Crippen molar-refractivity contribution in [2.24, 2.45) is 11.6 Å². The summed E-state index contributed by atoms with van der Waals surface area (Å²) in [6.07, 6.45) is -3.68. The van der Waals surface area contributed by atoms with Crippen molar-refractivity contribution in [3.63, 3.8) is 0 Å². The summed E-state index contributed by atoms with van der Waals surface area (Å²) in [4.78, 5) is 11.0. The molecule has 0 rings (SSSR count). The molecule has 0 aliphatic rings. The molecule has 0 saturated heterocycles. The summed E-state index contributed by atoms with van der Waals surface area (Å²) in [6, 6.07) is -3.66. The fourth-order valence-corrected chi connectivity index (χ4v) is 0.196. The lowest BCUT2D eigenvalue weighted by atomic mass is 10.1. The second kappa shape index (κ2) is 3.45. The minimum atomic E-state index is -3.68. The van der Waals surface area contributed by atoms with E-state index in [9.17, 15) is 4.79 Å². The van der Waals surface area contributed by atoms with Gasteiger partial charge in [-0.15, -0.1) is 0 Å². The number of hydrogen-bond donors (Lipinski definition) is 2. The van der Waals surface area contributed by atoms with Crippen molar-refractivity contribution < 1.29 is 23.7 Å². The van der Waals surface area contributed by atoms with Crippen molar-refractivity contribution in [1.29, 1.82) is 0 Å². The molecule has 0 aromatic heterocycles. The largest absolute Gasteiger partial charge is 0.480 e. The van der Waals surface area contributed by atoms with Crippen LogP contribution >= 0.6 is 0 Å². The predicted octanol–water partition coefficient (Wildman–Crippen LogP) is 0.444. The number of rotatable bonds is 4. The van der Waals surface area contributed by atoms with Gasteiger partial charge < -0.3 is 10.8 Å². The van der Waals surface area contributed by atoms with Crippen molar-refractivity contribution in [1.82, 2.24) is 0 Å². The highest BCUT2D eigenvalue weighted by Gasteiger charge is 2.11. The predicted molar refractivity (Wildman–Crippen MR) is 35.1 cm³/mol. The minimum Gasteiger partial charge on any atom is -0.480 e. The Morgan fingerprint density at radius 2 is 3.11 bits per heavy atom. The number of carboxylic acid groups (broad SMARTS) is 1. The molecule has 0 radical (unpaired) electrons. The van der Waals surface area contributed by atoms with Gasteiger partial charge in [0.05, 0.1) is 1.37 Å². The Bertz CT molecular complexity index is 356. The van der Waals surface area contributed by atoms with E-state index in [2.05, 4.69) is 0 Å². The molecule has 3 heteroatoms. The number of carbonyl (C=O) groups is 1. The maximum Gasteiger partial charge on any atom is 0.320 e. The van der Waals surface area contributed by atoms with Crippen molar-refractivity contribution in [3.8, 4) is 0 Å². The molecule has 0 bridgehead atoms. The first-order chi connectivity index (χ1) is 8.20. The first-order valence-corrected chi connectivity index (χ1v) is 2.00. The zero-order valence-electron chi connectivity index (χ0n) is 14.5. The van der Waals surface area contributed by atoms with Gasteiger partial charge in [0.1, 0.15) is 8.84 Å². The minimum absolute atomic E-state index is 0.819. The van der Waals surface area contributed by atoms with Crippen molar-refractivity contribution in [3.05, 3.63) is 0 Å². The molecule has 3 N–H and O–H groups in total. The lowest BCUT2D eigenvalue weighted by Gasteiger charge is -2.07. The summed E-state index contributed by atoms with van der Waals surface area (Å²) in [7, 11) is 0. The maximum absolute atomic E-state index is 11.0. The Morgan fingerprint density at radius 1 is 2.33 bits per heavy atom. The molecule has 0 aliphatic heterocycles. The summed E-state index contributed by atoms with van der Waals surface area (Å²) in [6.45, 7) is -4.77. The van der Waals surface area contributed by atoms with Crippen LogP contribution in [0.2, 0.25) is 2.82 Å². The number of hydrogen-bond acceptors (Lipinski definition) is 2. The molecule has 2 atom stereocenters. The molecule has 54 valence electrons. The van der Waals surface area contributed by atoms with Crippen LogP contribution in [-0.4, -0.2) is 17.1 Å². The van der Waals surface area contributed by atoms with Crippen LogP contribution in [0.25, 0.3) is 0 Å². The van der Waals surface area contributed by atoms with Gasteiger partial charge in [0.15, 0.2) is 0 Å². The molecule has 0 aromatic carbocycles. The number of carboxylic acids is 1. The van der Waals surface area contributed by atoms with Gasteiger partial charge >= 0.3 is 5.97 Å². The molecule has 0 amide bonds. The quantitative estimate of drug-likeness (QED) is 0.597. The lowest BCUT2D eigenvalue weighted by Crippen LogP contribution is -2.31. The van der Waals surface area contributed by atoms with E-state index in [0.717, 1.165) is 0 Å². The summed E-state index contributed by atoms with van der Waals surface area (Å²) in [5, 5.41) is 8.83. The molecule has 3 nitrogen and oxygen atoms in total. The van der Waals surface area contributed by atoms with Gasteiger partial charge in [0, 0.05) is 9.60 Å². The van der Waals surface area contributed by atoms with Crippen LogP contribution in [0.1, 0.15) is 31.1 Å².